The minimum Gasteiger partial charge on any atom is -0.310 e. The van der Waals surface area contributed by atoms with E-state index in [1.165, 1.54) is 33.4 Å². The molecule has 4 heteroatoms. The van der Waals surface area contributed by atoms with Crippen LogP contribution >= 0.6 is 0 Å². The lowest BCUT2D eigenvalue weighted by atomic mass is 9.99. The fraction of sp³-hybridized carbons (Fsp3) is 0.0769. The Balaban J connectivity index is 1.22. The molecule has 69 heavy (non-hydrogen) atoms. The van der Waals surface area contributed by atoms with Crippen LogP contribution in [-0.2, 0) is 6.42 Å². The Kier molecular flexibility index (Phi) is 12.9. The maximum Gasteiger partial charge on any atom is 0.0485 e. The van der Waals surface area contributed by atoms with Crippen molar-refractivity contribution in [2.75, 3.05) is 19.6 Å². The molecule has 0 aromatic heterocycles. The molecule has 0 spiro atoms. The SMILES string of the molecule is Cc1ccc(N(c2ccccc2)c2cc(Cc3cc(N(c4ccccc4)c4ccc(C)cc4)cc(N(c4ccccc4)c4ccc(C)cc4)c3)cc(N(c3ccccc3)c3ccc(C)cc3)c2)cc1. The lowest BCUT2D eigenvalue weighted by Crippen LogP contribution is -2.15. The second-order valence-corrected chi connectivity index (χ2v) is 17.9. The van der Waals surface area contributed by atoms with E-state index in [1.807, 2.05) is 0 Å². The average molecular weight is 893 g/mol. The second-order valence-electron chi connectivity index (χ2n) is 17.9. The van der Waals surface area contributed by atoms with Crippen LogP contribution in [0.25, 0.3) is 0 Å². The maximum absolute atomic E-state index is 2.38. The zero-order valence-electron chi connectivity index (χ0n) is 39.7. The highest BCUT2D eigenvalue weighted by atomic mass is 15.2. The first-order chi connectivity index (χ1) is 33.8. The van der Waals surface area contributed by atoms with Crippen molar-refractivity contribution in [1.82, 2.24) is 0 Å². The number of benzene rings is 10. The molecule has 0 unspecified atom stereocenters. The van der Waals surface area contributed by atoms with Gasteiger partial charge in [-0.3, -0.25) is 0 Å². The van der Waals surface area contributed by atoms with Crippen LogP contribution in [0.5, 0.6) is 0 Å². The van der Waals surface area contributed by atoms with Crippen LogP contribution in [0.3, 0.4) is 0 Å². The second kappa shape index (κ2) is 20.1. The summed E-state index contributed by atoms with van der Waals surface area (Å²) in [5, 5.41) is 0. The van der Waals surface area contributed by atoms with E-state index >= 15 is 0 Å². The number of anilines is 12. The van der Waals surface area contributed by atoms with Gasteiger partial charge in [0.05, 0.1) is 0 Å². The summed E-state index contributed by atoms with van der Waals surface area (Å²) in [5.74, 6) is 0. The molecule has 0 aliphatic carbocycles. The third-order valence-electron chi connectivity index (χ3n) is 12.6. The Labute approximate surface area is 408 Å². The molecule has 0 saturated heterocycles. The summed E-state index contributed by atoms with van der Waals surface area (Å²) in [6.07, 6.45) is 0.655. The van der Waals surface area contributed by atoms with E-state index < -0.39 is 0 Å². The van der Waals surface area contributed by atoms with Gasteiger partial charge in [0.2, 0.25) is 0 Å². The molecule has 0 N–H and O–H groups in total. The standard InChI is InChI=1S/C65H56N4/c1-48-25-33-58(34-26-48)66(54-17-9-5-10-18-54)62-42-52(43-63(46-62)67(55-19-11-6-12-20-55)59-35-27-49(2)28-36-59)41-53-44-64(68(56-21-13-7-14-22-56)60-37-29-50(3)30-38-60)47-65(45-53)69(57-23-15-8-16-24-57)61-39-31-51(4)32-40-61/h5-40,42-47H,41H2,1-4H3. The summed E-state index contributed by atoms with van der Waals surface area (Å²) in [4.78, 5) is 9.54. The first-order valence-corrected chi connectivity index (χ1v) is 23.8. The van der Waals surface area contributed by atoms with Gasteiger partial charge in [0.15, 0.2) is 0 Å². The summed E-state index contributed by atoms with van der Waals surface area (Å²) in [6.45, 7) is 8.58. The van der Waals surface area contributed by atoms with E-state index in [0.29, 0.717) is 6.42 Å². The van der Waals surface area contributed by atoms with Crippen LogP contribution in [0, 0.1) is 27.7 Å². The van der Waals surface area contributed by atoms with Crippen molar-refractivity contribution in [3.05, 3.63) is 288 Å². The van der Waals surface area contributed by atoms with Gasteiger partial charge in [-0.15, -0.1) is 0 Å². The number of rotatable bonds is 14. The van der Waals surface area contributed by atoms with Crippen LogP contribution < -0.4 is 19.6 Å². The van der Waals surface area contributed by atoms with Crippen LogP contribution in [0.4, 0.5) is 68.2 Å². The zero-order valence-corrected chi connectivity index (χ0v) is 39.7. The zero-order chi connectivity index (χ0) is 47.1. The summed E-state index contributed by atoms with van der Waals surface area (Å²) >= 11 is 0. The maximum atomic E-state index is 2.38. The first kappa shape index (κ1) is 44.2. The van der Waals surface area contributed by atoms with Gasteiger partial charge in [0.25, 0.3) is 0 Å². The van der Waals surface area contributed by atoms with E-state index in [4.69, 9.17) is 0 Å². The van der Waals surface area contributed by atoms with Crippen molar-refractivity contribution in [1.29, 1.82) is 0 Å². The third kappa shape index (κ3) is 10.1. The Hall–Kier alpha value is -8.60. The topological polar surface area (TPSA) is 13.0 Å². The number of nitrogens with zero attached hydrogens (tertiary/aromatic N) is 4. The Morgan fingerprint density at radius 3 is 0.594 bits per heavy atom. The molecule has 10 aromatic carbocycles. The molecule has 0 radical (unpaired) electrons. The predicted octanol–water partition coefficient (Wildman–Crippen LogP) is 18.4. The Morgan fingerprint density at radius 1 is 0.203 bits per heavy atom. The number of hydrogen-bond acceptors (Lipinski definition) is 4. The normalized spacial score (nSPS) is 11.0. The molecule has 0 bridgehead atoms. The van der Waals surface area contributed by atoms with Gasteiger partial charge >= 0.3 is 0 Å². The van der Waals surface area contributed by atoms with Crippen molar-refractivity contribution in [3.8, 4) is 0 Å². The van der Waals surface area contributed by atoms with E-state index in [2.05, 4.69) is 302 Å². The molecule has 0 amide bonds. The molecule has 0 atom stereocenters. The van der Waals surface area contributed by atoms with E-state index in [-0.39, 0.29) is 0 Å². The van der Waals surface area contributed by atoms with Crippen molar-refractivity contribution >= 4 is 68.2 Å². The quantitative estimate of drug-likeness (QED) is 0.108. The molecule has 0 heterocycles. The summed E-state index contributed by atoms with van der Waals surface area (Å²) in [5.41, 5.74) is 20.2. The number of hydrogen-bond donors (Lipinski definition) is 0. The monoisotopic (exact) mass is 892 g/mol. The number of aryl methyl sites for hydroxylation is 4. The largest absolute Gasteiger partial charge is 0.310 e. The lowest BCUT2D eigenvalue weighted by molar-refractivity contribution is 1.15. The van der Waals surface area contributed by atoms with Crippen molar-refractivity contribution < 1.29 is 0 Å². The van der Waals surface area contributed by atoms with E-state index in [1.54, 1.807) is 0 Å². The Morgan fingerprint density at radius 2 is 0.391 bits per heavy atom. The highest BCUT2D eigenvalue weighted by Gasteiger charge is 2.22. The number of para-hydroxylation sites is 4. The van der Waals surface area contributed by atoms with E-state index in [9.17, 15) is 0 Å². The van der Waals surface area contributed by atoms with Gasteiger partial charge in [0.1, 0.15) is 0 Å². The summed E-state index contributed by atoms with van der Waals surface area (Å²) in [6, 6.07) is 92.5. The van der Waals surface area contributed by atoms with Crippen molar-refractivity contribution in [2.24, 2.45) is 0 Å². The van der Waals surface area contributed by atoms with Gasteiger partial charge < -0.3 is 19.6 Å². The molecular weight excluding hydrogens is 837 g/mol. The molecule has 336 valence electrons. The highest BCUT2D eigenvalue weighted by molar-refractivity contribution is 5.86. The summed E-state index contributed by atoms with van der Waals surface area (Å²) < 4.78 is 0. The predicted molar refractivity (Wildman–Crippen MR) is 293 cm³/mol. The minimum absolute atomic E-state index is 0.655. The summed E-state index contributed by atoms with van der Waals surface area (Å²) in [7, 11) is 0. The third-order valence-corrected chi connectivity index (χ3v) is 12.6. The van der Waals surface area contributed by atoms with E-state index in [0.717, 1.165) is 68.2 Å². The smallest absolute Gasteiger partial charge is 0.0485 e. The Bertz CT molecular complexity index is 2810. The van der Waals surface area contributed by atoms with Crippen LogP contribution in [0.2, 0.25) is 0 Å². The molecular formula is C65H56N4. The highest BCUT2D eigenvalue weighted by Crippen LogP contribution is 2.45. The van der Waals surface area contributed by atoms with Crippen LogP contribution in [-0.4, -0.2) is 0 Å². The van der Waals surface area contributed by atoms with Gasteiger partial charge in [0, 0.05) is 68.2 Å². The molecule has 0 aliphatic heterocycles. The fourth-order valence-electron chi connectivity index (χ4n) is 9.14. The molecule has 4 nitrogen and oxygen atoms in total. The molecule has 0 fully saturated rings. The lowest BCUT2D eigenvalue weighted by Gasteiger charge is -2.31. The molecule has 0 saturated carbocycles. The molecule has 10 rings (SSSR count). The van der Waals surface area contributed by atoms with Crippen molar-refractivity contribution in [3.63, 3.8) is 0 Å². The van der Waals surface area contributed by atoms with Gasteiger partial charge in [-0.25, -0.2) is 0 Å². The minimum atomic E-state index is 0.655. The van der Waals surface area contributed by atoms with Crippen molar-refractivity contribution in [2.45, 2.75) is 34.1 Å². The molecule has 10 aromatic rings. The van der Waals surface area contributed by atoms with Gasteiger partial charge in [-0.2, -0.15) is 0 Å². The van der Waals surface area contributed by atoms with Gasteiger partial charge in [-0.1, -0.05) is 144 Å². The molecule has 0 aliphatic rings. The first-order valence-electron chi connectivity index (χ1n) is 23.8. The van der Waals surface area contributed by atoms with Gasteiger partial charge in [-0.05, 0) is 179 Å². The fourth-order valence-corrected chi connectivity index (χ4v) is 9.14. The van der Waals surface area contributed by atoms with Crippen LogP contribution in [0.15, 0.2) is 255 Å². The van der Waals surface area contributed by atoms with Crippen LogP contribution in [0.1, 0.15) is 33.4 Å². The average Bonchev–Trinajstić information content (AvgIpc) is 3.38.